The van der Waals surface area contributed by atoms with E-state index in [9.17, 15) is 13.2 Å². The number of sulfonamides is 1. The number of aromatic nitrogens is 2. The summed E-state index contributed by atoms with van der Waals surface area (Å²) in [5.74, 6) is 0. The molecule has 8 nitrogen and oxygen atoms in total. The summed E-state index contributed by atoms with van der Waals surface area (Å²) in [6, 6.07) is 11.6. The van der Waals surface area contributed by atoms with E-state index >= 15 is 0 Å². The van der Waals surface area contributed by atoms with Crippen LogP contribution >= 0.6 is 0 Å². The maximum atomic E-state index is 12.7. The van der Waals surface area contributed by atoms with E-state index in [4.69, 9.17) is 4.74 Å². The van der Waals surface area contributed by atoms with Crippen LogP contribution < -0.4 is 15.3 Å². The maximum absolute atomic E-state index is 12.7. The molecule has 0 saturated carbocycles. The third-order valence-electron chi connectivity index (χ3n) is 4.28. The predicted molar refractivity (Wildman–Crippen MR) is 99.2 cm³/mol. The minimum Gasteiger partial charge on any atom is -0.378 e. The highest BCUT2D eigenvalue weighted by molar-refractivity contribution is 7.92. The van der Waals surface area contributed by atoms with Gasteiger partial charge >= 0.3 is 5.69 Å². The van der Waals surface area contributed by atoms with Crippen molar-refractivity contribution in [3.63, 3.8) is 0 Å². The summed E-state index contributed by atoms with van der Waals surface area (Å²) in [7, 11) is -3.75. The van der Waals surface area contributed by atoms with Gasteiger partial charge in [0.15, 0.2) is 0 Å². The number of imidazole rings is 1. The van der Waals surface area contributed by atoms with E-state index in [1.165, 1.54) is 12.1 Å². The van der Waals surface area contributed by atoms with Crippen LogP contribution in [0, 0.1) is 0 Å². The van der Waals surface area contributed by atoms with Crippen LogP contribution in [0.5, 0.6) is 0 Å². The van der Waals surface area contributed by atoms with Crippen molar-refractivity contribution in [2.45, 2.75) is 4.90 Å². The van der Waals surface area contributed by atoms with Crippen molar-refractivity contribution in [3.8, 4) is 0 Å². The number of rotatable bonds is 4. The Kier molecular flexibility index (Phi) is 4.17. The molecular formula is C17H18N4O4S. The standard InChI is InChI=1S/C17H18N4O4S/c22-17-18-13-10-15(20-26(23,24)12-4-2-1-3-5-12)16(11-14(13)19-17)21-6-8-25-9-7-21/h1-5,10-11,20H,6-9H2,(H2,18,19,22). The van der Waals surface area contributed by atoms with Gasteiger partial charge in [-0.15, -0.1) is 0 Å². The van der Waals surface area contributed by atoms with E-state index in [-0.39, 0.29) is 10.6 Å². The Bertz CT molecular complexity index is 1080. The summed E-state index contributed by atoms with van der Waals surface area (Å²) in [6.07, 6.45) is 0. The topological polar surface area (TPSA) is 107 Å². The minimum atomic E-state index is -3.75. The Morgan fingerprint density at radius 3 is 2.35 bits per heavy atom. The number of nitrogens with one attached hydrogen (secondary N) is 3. The predicted octanol–water partition coefficient (Wildman–Crippen LogP) is 1.49. The number of aromatic amines is 2. The second-order valence-corrected chi connectivity index (χ2v) is 7.69. The summed E-state index contributed by atoms with van der Waals surface area (Å²) in [5, 5.41) is 0. The molecule has 0 radical (unpaired) electrons. The first-order chi connectivity index (χ1) is 12.5. The van der Waals surface area contributed by atoms with Crippen LogP contribution in [0.1, 0.15) is 0 Å². The molecule has 1 saturated heterocycles. The first-order valence-corrected chi connectivity index (χ1v) is 9.68. The zero-order valence-corrected chi connectivity index (χ0v) is 14.7. The van der Waals surface area contributed by atoms with E-state index in [1.807, 2.05) is 4.90 Å². The molecule has 2 aromatic carbocycles. The van der Waals surface area contributed by atoms with Gasteiger partial charge in [0, 0.05) is 13.1 Å². The van der Waals surface area contributed by atoms with E-state index in [2.05, 4.69) is 14.7 Å². The molecule has 0 unspecified atom stereocenters. The Balaban J connectivity index is 1.80. The second-order valence-electron chi connectivity index (χ2n) is 6.01. The summed E-state index contributed by atoms with van der Waals surface area (Å²) in [4.78, 5) is 19.2. The highest BCUT2D eigenvalue weighted by Gasteiger charge is 2.21. The monoisotopic (exact) mass is 374 g/mol. The van der Waals surface area contributed by atoms with Crippen molar-refractivity contribution in [3.05, 3.63) is 52.9 Å². The molecule has 0 bridgehead atoms. The molecule has 2 heterocycles. The Morgan fingerprint density at radius 1 is 1.00 bits per heavy atom. The van der Waals surface area contributed by atoms with Crippen LogP contribution in [-0.4, -0.2) is 44.7 Å². The number of morpholine rings is 1. The molecule has 0 aliphatic carbocycles. The summed E-state index contributed by atoms with van der Waals surface area (Å²) in [5.41, 5.74) is 1.95. The molecule has 1 aliphatic rings. The number of benzene rings is 2. The number of hydrogen-bond acceptors (Lipinski definition) is 5. The zero-order chi connectivity index (χ0) is 18.1. The number of anilines is 2. The van der Waals surface area contributed by atoms with Crippen LogP contribution in [0.2, 0.25) is 0 Å². The molecule has 0 spiro atoms. The van der Waals surface area contributed by atoms with Gasteiger partial charge in [0.05, 0.1) is 40.5 Å². The van der Waals surface area contributed by atoms with Gasteiger partial charge < -0.3 is 19.6 Å². The van der Waals surface area contributed by atoms with Gasteiger partial charge in [-0.25, -0.2) is 13.2 Å². The van der Waals surface area contributed by atoms with Crippen LogP contribution in [0.3, 0.4) is 0 Å². The first-order valence-electron chi connectivity index (χ1n) is 8.19. The lowest BCUT2D eigenvalue weighted by atomic mass is 10.2. The van der Waals surface area contributed by atoms with Gasteiger partial charge in [-0.1, -0.05) is 18.2 Å². The lowest BCUT2D eigenvalue weighted by molar-refractivity contribution is 0.123. The molecule has 136 valence electrons. The maximum Gasteiger partial charge on any atom is 0.323 e. The smallest absolute Gasteiger partial charge is 0.323 e. The Morgan fingerprint density at radius 2 is 1.65 bits per heavy atom. The number of ether oxygens (including phenoxy) is 1. The van der Waals surface area contributed by atoms with Crippen molar-refractivity contribution < 1.29 is 13.2 Å². The normalized spacial score (nSPS) is 15.3. The van der Waals surface area contributed by atoms with Crippen molar-refractivity contribution >= 4 is 32.4 Å². The second kappa shape index (κ2) is 6.50. The molecule has 3 aromatic rings. The molecule has 1 aromatic heterocycles. The van der Waals surface area contributed by atoms with Gasteiger partial charge in [0.1, 0.15) is 0 Å². The molecule has 1 aliphatic heterocycles. The van der Waals surface area contributed by atoms with Gasteiger partial charge in [-0.3, -0.25) is 4.72 Å². The van der Waals surface area contributed by atoms with Crippen molar-refractivity contribution in [2.75, 3.05) is 35.9 Å². The molecule has 3 N–H and O–H groups in total. The van der Waals surface area contributed by atoms with E-state index in [0.717, 1.165) is 0 Å². The molecule has 0 amide bonds. The van der Waals surface area contributed by atoms with Gasteiger partial charge in [0.25, 0.3) is 10.0 Å². The minimum absolute atomic E-state index is 0.176. The van der Waals surface area contributed by atoms with Gasteiger partial charge in [0.2, 0.25) is 0 Å². The lowest BCUT2D eigenvalue weighted by Crippen LogP contribution is -2.36. The Hall–Kier alpha value is -2.78. The average Bonchev–Trinajstić information content (AvgIpc) is 3.01. The third kappa shape index (κ3) is 3.18. The molecule has 4 rings (SSSR count). The van der Waals surface area contributed by atoms with Gasteiger partial charge in [-0.05, 0) is 24.3 Å². The van der Waals surface area contributed by atoms with Crippen LogP contribution in [0.15, 0.2) is 52.2 Å². The fourth-order valence-corrected chi connectivity index (χ4v) is 4.11. The quantitative estimate of drug-likeness (QED) is 0.641. The average molecular weight is 374 g/mol. The van der Waals surface area contributed by atoms with Crippen molar-refractivity contribution in [1.82, 2.24) is 9.97 Å². The third-order valence-corrected chi connectivity index (χ3v) is 5.66. The zero-order valence-electron chi connectivity index (χ0n) is 13.9. The van der Waals surface area contributed by atoms with Crippen LogP contribution in [0.25, 0.3) is 11.0 Å². The largest absolute Gasteiger partial charge is 0.378 e. The number of nitrogens with zero attached hydrogens (tertiary/aromatic N) is 1. The van der Waals surface area contributed by atoms with Gasteiger partial charge in [-0.2, -0.15) is 0 Å². The number of fused-ring (bicyclic) bond motifs is 1. The summed E-state index contributed by atoms with van der Waals surface area (Å²) >= 11 is 0. The first kappa shape index (κ1) is 16.7. The highest BCUT2D eigenvalue weighted by Crippen LogP contribution is 2.32. The number of hydrogen-bond donors (Lipinski definition) is 3. The Labute approximate surface area is 149 Å². The SMILES string of the molecule is O=c1[nH]c2cc(NS(=O)(=O)c3ccccc3)c(N3CCOCC3)cc2[nH]1. The summed E-state index contributed by atoms with van der Waals surface area (Å²) in [6.45, 7) is 2.40. The van der Waals surface area contributed by atoms with E-state index in [1.54, 1.807) is 30.3 Å². The molecule has 9 heteroatoms. The molecule has 26 heavy (non-hydrogen) atoms. The molecule has 0 atom stereocenters. The van der Waals surface area contributed by atoms with Crippen molar-refractivity contribution in [2.24, 2.45) is 0 Å². The number of H-pyrrole nitrogens is 2. The lowest BCUT2D eigenvalue weighted by Gasteiger charge is -2.30. The van der Waals surface area contributed by atoms with Crippen LogP contribution in [-0.2, 0) is 14.8 Å². The molecule has 1 fully saturated rings. The van der Waals surface area contributed by atoms with Crippen molar-refractivity contribution in [1.29, 1.82) is 0 Å². The fraction of sp³-hybridized carbons (Fsp3) is 0.235. The molecular weight excluding hydrogens is 356 g/mol. The van der Waals surface area contributed by atoms with E-state index < -0.39 is 10.0 Å². The highest BCUT2D eigenvalue weighted by atomic mass is 32.2. The summed E-state index contributed by atoms with van der Waals surface area (Å²) < 4.78 is 33.5. The van der Waals surface area contributed by atoms with E-state index in [0.29, 0.717) is 48.7 Å². The fourth-order valence-electron chi connectivity index (χ4n) is 3.02. The van der Waals surface area contributed by atoms with Crippen LogP contribution in [0.4, 0.5) is 11.4 Å².